The largest absolute Gasteiger partial charge is 0.389 e. The quantitative estimate of drug-likeness (QED) is 0.766. The third kappa shape index (κ3) is 5.38. The normalized spacial score (nSPS) is 33.6. The van der Waals surface area contributed by atoms with Crippen LogP contribution in [-0.2, 0) is 9.47 Å². The molecule has 2 rings (SSSR count). The fraction of sp³-hybridized carbons (Fsp3) is 0.619. The second kappa shape index (κ2) is 8.45. The number of aliphatic hydroxyl groups excluding tert-OH is 2. The van der Waals surface area contributed by atoms with Crippen molar-refractivity contribution >= 4 is 0 Å². The second-order valence-corrected chi connectivity index (χ2v) is 7.72. The number of ether oxygens (including phenoxy) is 2. The standard InChI is InChI=1S/C21H32O4/c1-14-8-9-18-16(7-6-10-21(3,4)24-5)13-25-20(23)19(18)15(2)12-17(22)11-14/h6-7,10-11,17-20,22-23H,2,8-9,12-13H2,1,3-5H3/t17-,18-,19+,20+/m1/s1. The maximum Gasteiger partial charge on any atom is 0.162 e. The lowest BCUT2D eigenvalue weighted by atomic mass is 9.75. The lowest BCUT2D eigenvalue weighted by Crippen LogP contribution is -2.39. The van der Waals surface area contributed by atoms with Crippen LogP contribution >= 0.6 is 0 Å². The summed E-state index contributed by atoms with van der Waals surface area (Å²) in [6.07, 6.45) is 8.84. The highest BCUT2D eigenvalue weighted by atomic mass is 16.6. The average Bonchev–Trinajstić information content (AvgIpc) is 2.58. The molecular formula is C21H32O4. The molecule has 0 radical (unpaired) electrons. The van der Waals surface area contributed by atoms with Crippen molar-refractivity contribution in [3.63, 3.8) is 0 Å². The number of hydrogen-bond acceptors (Lipinski definition) is 4. The van der Waals surface area contributed by atoms with Crippen LogP contribution in [0.5, 0.6) is 0 Å². The Kier molecular flexibility index (Phi) is 6.80. The molecule has 1 saturated heterocycles. The summed E-state index contributed by atoms with van der Waals surface area (Å²) in [7, 11) is 1.69. The summed E-state index contributed by atoms with van der Waals surface area (Å²) in [6.45, 7) is 10.6. The average molecular weight is 348 g/mol. The molecule has 0 spiro atoms. The number of aliphatic hydroxyl groups is 2. The summed E-state index contributed by atoms with van der Waals surface area (Å²) in [5.74, 6) is -0.0157. The third-order valence-electron chi connectivity index (χ3n) is 5.24. The fourth-order valence-electron chi connectivity index (χ4n) is 3.57. The topological polar surface area (TPSA) is 58.9 Å². The molecule has 2 N–H and O–H groups in total. The molecule has 0 aromatic heterocycles. The Labute approximate surface area is 151 Å². The number of rotatable bonds is 3. The molecule has 2 aliphatic rings. The second-order valence-electron chi connectivity index (χ2n) is 7.72. The number of hydrogen-bond donors (Lipinski definition) is 2. The van der Waals surface area contributed by atoms with Crippen LogP contribution in [0.4, 0.5) is 0 Å². The molecule has 4 heteroatoms. The van der Waals surface area contributed by atoms with Crippen LogP contribution in [0.1, 0.15) is 40.0 Å². The van der Waals surface area contributed by atoms with Crippen LogP contribution in [0.2, 0.25) is 0 Å². The lowest BCUT2D eigenvalue weighted by molar-refractivity contribution is -0.149. The van der Waals surface area contributed by atoms with E-state index < -0.39 is 12.4 Å². The maximum absolute atomic E-state index is 10.4. The number of allylic oxidation sites excluding steroid dienone is 3. The molecule has 0 aromatic rings. The summed E-state index contributed by atoms with van der Waals surface area (Å²) in [5.41, 5.74) is 2.86. The molecule has 1 heterocycles. The van der Waals surface area contributed by atoms with Crippen molar-refractivity contribution in [1.82, 2.24) is 0 Å². The van der Waals surface area contributed by atoms with E-state index in [9.17, 15) is 10.2 Å². The van der Waals surface area contributed by atoms with Crippen molar-refractivity contribution in [3.05, 3.63) is 47.6 Å². The Morgan fingerprint density at radius 3 is 2.76 bits per heavy atom. The molecule has 0 amide bonds. The Bertz CT molecular complexity index is 570. The molecule has 1 aliphatic carbocycles. The minimum absolute atomic E-state index is 0.167. The first kappa shape index (κ1) is 20.1. The molecule has 1 fully saturated rings. The van der Waals surface area contributed by atoms with Crippen molar-refractivity contribution < 1.29 is 19.7 Å². The molecule has 25 heavy (non-hydrogen) atoms. The van der Waals surface area contributed by atoms with E-state index in [-0.39, 0.29) is 17.4 Å². The summed E-state index contributed by atoms with van der Waals surface area (Å²) >= 11 is 0. The van der Waals surface area contributed by atoms with Gasteiger partial charge < -0.3 is 19.7 Å². The first-order valence-corrected chi connectivity index (χ1v) is 8.99. The van der Waals surface area contributed by atoms with Crippen molar-refractivity contribution in [3.8, 4) is 0 Å². The van der Waals surface area contributed by atoms with Crippen molar-refractivity contribution in [2.75, 3.05) is 13.7 Å². The molecule has 0 unspecified atom stereocenters. The monoisotopic (exact) mass is 348 g/mol. The van der Waals surface area contributed by atoms with Gasteiger partial charge in [0.05, 0.1) is 18.3 Å². The van der Waals surface area contributed by atoms with Gasteiger partial charge in [0.2, 0.25) is 0 Å². The van der Waals surface area contributed by atoms with Crippen LogP contribution in [-0.4, -0.2) is 41.9 Å². The summed E-state index contributed by atoms with van der Waals surface area (Å²) in [5, 5.41) is 20.6. The van der Waals surface area contributed by atoms with Crippen LogP contribution in [0, 0.1) is 11.8 Å². The summed E-state index contributed by atoms with van der Waals surface area (Å²) < 4.78 is 11.0. The Morgan fingerprint density at radius 1 is 1.36 bits per heavy atom. The van der Waals surface area contributed by atoms with E-state index >= 15 is 0 Å². The Hall–Kier alpha value is -1.20. The van der Waals surface area contributed by atoms with Gasteiger partial charge in [-0.1, -0.05) is 42.0 Å². The molecule has 0 bridgehead atoms. The molecule has 4 nitrogen and oxygen atoms in total. The van der Waals surface area contributed by atoms with Crippen LogP contribution in [0.25, 0.3) is 0 Å². The van der Waals surface area contributed by atoms with E-state index in [2.05, 4.69) is 12.7 Å². The smallest absolute Gasteiger partial charge is 0.162 e. The van der Waals surface area contributed by atoms with E-state index in [0.29, 0.717) is 13.0 Å². The van der Waals surface area contributed by atoms with Gasteiger partial charge in [0.15, 0.2) is 6.29 Å². The number of fused-ring (bicyclic) bond motifs is 1. The van der Waals surface area contributed by atoms with Gasteiger partial charge in [-0.05, 0) is 51.5 Å². The highest BCUT2D eigenvalue weighted by molar-refractivity contribution is 5.25. The van der Waals surface area contributed by atoms with Crippen molar-refractivity contribution in [2.45, 2.75) is 58.0 Å². The van der Waals surface area contributed by atoms with Gasteiger partial charge in [0, 0.05) is 13.0 Å². The summed E-state index contributed by atoms with van der Waals surface area (Å²) in [6, 6.07) is 0. The van der Waals surface area contributed by atoms with E-state index in [0.717, 1.165) is 24.0 Å². The van der Waals surface area contributed by atoms with Gasteiger partial charge in [0.25, 0.3) is 0 Å². The van der Waals surface area contributed by atoms with Crippen LogP contribution in [0.3, 0.4) is 0 Å². The van der Waals surface area contributed by atoms with Crippen LogP contribution < -0.4 is 0 Å². The van der Waals surface area contributed by atoms with Crippen LogP contribution in [0.15, 0.2) is 47.6 Å². The predicted octanol–water partition coefficient (Wildman–Crippen LogP) is 3.52. The number of methoxy groups -OCH3 is 1. The molecule has 0 saturated carbocycles. The lowest BCUT2D eigenvalue weighted by Gasteiger charge is -2.38. The Morgan fingerprint density at radius 2 is 2.08 bits per heavy atom. The zero-order valence-corrected chi connectivity index (χ0v) is 15.9. The molecular weight excluding hydrogens is 316 g/mol. The van der Waals surface area contributed by atoms with Gasteiger partial charge in [0.1, 0.15) is 0 Å². The highest BCUT2D eigenvalue weighted by Gasteiger charge is 2.38. The molecule has 4 atom stereocenters. The SMILES string of the molecule is C=C1C[C@H](O)C=C(C)CC[C@@H]2C(=CC=CC(C)(C)OC)CO[C@H](O)[C@@H]12. The molecule has 140 valence electrons. The van der Waals surface area contributed by atoms with Gasteiger partial charge in [-0.3, -0.25) is 0 Å². The molecule has 1 aliphatic heterocycles. The minimum Gasteiger partial charge on any atom is -0.389 e. The fourth-order valence-corrected chi connectivity index (χ4v) is 3.57. The van der Waals surface area contributed by atoms with E-state index in [1.807, 2.05) is 39.0 Å². The maximum atomic E-state index is 10.4. The molecule has 0 aromatic carbocycles. The van der Waals surface area contributed by atoms with Gasteiger partial charge >= 0.3 is 0 Å². The first-order valence-electron chi connectivity index (χ1n) is 8.99. The highest BCUT2D eigenvalue weighted by Crippen LogP contribution is 2.40. The van der Waals surface area contributed by atoms with E-state index in [1.165, 1.54) is 5.57 Å². The van der Waals surface area contributed by atoms with E-state index in [4.69, 9.17) is 9.47 Å². The zero-order chi connectivity index (χ0) is 18.6. The first-order chi connectivity index (χ1) is 11.7. The van der Waals surface area contributed by atoms with Gasteiger partial charge in [-0.2, -0.15) is 0 Å². The van der Waals surface area contributed by atoms with Crippen molar-refractivity contribution in [1.29, 1.82) is 0 Å². The Balaban J connectivity index is 2.28. The third-order valence-corrected chi connectivity index (χ3v) is 5.24. The van der Waals surface area contributed by atoms with E-state index in [1.54, 1.807) is 7.11 Å². The summed E-state index contributed by atoms with van der Waals surface area (Å²) in [4.78, 5) is 0. The van der Waals surface area contributed by atoms with Gasteiger partial charge in [-0.25, -0.2) is 0 Å². The van der Waals surface area contributed by atoms with Gasteiger partial charge in [-0.15, -0.1) is 0 Å². The zero-order valence-electron chi connectivity index (χ0n) is 15.9. The predicted molar refractivity (Wildman–Crippen MR) is 100 cm³/mol. The van der Waals surface area contributed by atoms with Crippen molar-refractivity contribution in [2.24, 2.45) is 11.8 Å². The minimum atomic E-state index is -0.861.